The van der Waals surface area contributed by atoms with E-state index in [9.17, 15) is 0 Å². The SMILES string of the molecule is CCCC1CC1N1CCCNC(C)CC1. The Labute approximate surface area is 94.4 Å². The van der Waals surface area contributed by atoms with Crippen LogP contribution in [-0.2, 0) is 0 Å². The van der Waals surface area contributed by atoms with Gasteiger partial charge in [-0.1, -0.05) is 13.3 Å². The number of nitrogens with zero attached hydrogens (tertiary/aromatic N) is 1. The van der Waals surface area contributed by atoms with E-state index in [-0.39, 0.29) is 0 Å². The van der Waals surface area contributed by atoms with E-state index in [0.717, 1.165) is 18.0 Å². The molecule has 1 aliphatic heterocycles. The Bertz CT molecular complexity index is 193. The summed E-state index contributed by atoms with van der Waals surface area (Å²) >= 11 is 0. The topological polar surface area (TPSA) is 15.3 Å². The van der Waals surface area contributed by atoms with Gasteiger partial charge >= 0.3 is 0 Å². The molecule has 0 radical (unpaired) electrons. The van der Waals surface area contributed by atoms with Crippen LogP contribution in [0.3, 0.4) is 0 Å². The number of hydrogen-bond acceptors (Lipinski definition) is 2. The van der Waals surface area contributed by atoms with Gasteiger partial charge < -0.3 is 5.32 Å². The second-order valence-electron chi connectivity index (χ2n) is 5.39. The fraction of sp³-hybridized carbons (Fsp3) is 1.00. The summed E-state index contributed by atoms with van der Waals surface area (Å²) in [6, 6.07) is 1.67. The van der Waals surface area contributed by atoms with Gasteiger partial charge in [0.25, 0.3) is 0 Å². The molecule has 0 amide bonds. The summed E-state index contributed by atoms with van der Waals surface area (Å²) in [5, 5.41) is 3.57. The van der Waals surface area contributed by atoms with Crippen molar-refractivity contribution in [3.8, 4) is 0 Å². The van der Waals surface area contributed by atoms with E-state index in [1.54, 1.807) is 0 Å². The van der Waals surface area contributed by atoms with Crippen LogP contribution in [-0.4, -0.2) is 36.6 Å². The van der Waals surface area contributed by atoms with Gasteiger partial charge in [-0.2, -0.15) is 0 Å². The van der Waals surface area contributed by atoms with Crippen molar-refractivity contribution in [3.05, 3.63) is 0 Å². The minimum absolute atomic E-state index is 0.719. The second kappa shape index (κ2) is 5.31. The highest BCUT2D eigenvalue weighted by Crippen LogP contribution is 2.39. The zero-order chi connectivity index (χ0) is 10.7. The molecule has 2 fully saturated rings. The average Bonchev–Trinajstić information content (AvgIpc) is 2.92. The Kier molecular flexibility index (Phi) is 4.04. The van der Waals surface area contributed by atoms with Gasteiger partial charge in [-0.05, 0) is 58.2 Å². The molecule has 3 unspecified atom stereocenters. The molecular formula is C13H26N2. The molecule has 1 saturated heterocycles. The van der Waals surface area contributed by atoms with Crippen molar-refractivity contribution in [1.82, 2.24) is 10.2 Å². The Morgan fingerprint density at radius 3 is 3.00 bits per heavy atom. The summed E-state index contributed by atoms with van der Waals surface area (Å²) in [4.78, 5) is 2.76. The average molecular weight is 210 g/mol. The lowest BCUT2D eigenvalue weighted by molar-refractivity contribution is 0.217. The molecule has 1 saturated carbocycles. The number of hydrogen-bond donors (Lipinski definition) is 1. The monoisotopic (exact) mass is 210 g/mol. The van der Waals surface area contributed by atoms with E-state index in [1.807, 2.05) is 0 Å². The maximum Gasteiger partial charge on any atom is 0.0127 e. The van der Waals surface area contributed by atoms with Crippen molar-refractivity contribution >= 4 is 0 Å². The van der Waals surface area contributed by atoms with E-state index >= 15 is 0 Å². The van der Waals surface area contributed by atoms with Gasteiger partial charge in [0, 0.05) is 12.1 Å². The van der Waals surface area contributed by atoms with Crippen molar-refractivity contribution in [2.75, 3.05) is 19.6 Å². The molecule has 0 bridgehead atoms. The molecule has 2 rings (SSSR count). The van der Waals surface area contributed by atoms with Gasteiger partial charge in [0.1, 0.15) is 0 Å². The first-order chi connectivity index (χ1) is 7.31. The molecular weight excluding hydrogens is 184 g/mol. The van der Waals surface area contributed by atoms with E-state index in [4.69, 9.17) is 0 Å². The summed E-state index contributed by atoms with van der Waals surface area (Å²) < 4.78 is 0. The molecule has 88 valence electrons. The van der Waals surface area contributed by atoms with Crippen molar-refractivity contribution < 1.29 is 0 Å². The molecule has 15 heavy (non-hydrogen) atoms. The van der Waals surface area contributed by atoms with Gasteiger partial charge in [-0.25, -0.2) is 0 Å². The normalized spacial score (nSPS) is 38.4. The fourth-order valence-corrected chi connectivity index (χ4v) is 2.90. The Morgan fingerprint density at radius 2 is 2.20 bits per heavy atom. The quantitative estimate of drug-likeness (QED) is 0.768. The molecule has 0 spiro atoms. The summed E-state index contributed by atoms with van der Waals surface area (Å²) in [6.45, 7) is 8.49. The van der Waals surface area contributed by atoms with Crippen LogP contribution in [0.1, 0.15) is 46.0 Å². The predicted octanol–water partition coefficient (Wildman–Crippen LogP) is 2.25. The third-order valence-electron chi connectivity index (χ3n) is 3.98. The first-order valence-electron chi connectivity index (χ1n) is 6.78. The lowest BCUT2D eigenvalue weighted by atomic mass is 10.1. The molecule has 2 nitrogen and oxygen atoms in total. The molecule has 0 aromatic rings. The van der Waals surface area contributed by atoms with Crippen LogP contribution in [0, 0.1) is 5.92 Å². The molecule has 1 heterocycles. The zero-order valence-corrected chi connectivity index (χ0v) is 10.3. The third kappa shape index (κ3) is 3.18. The van der Waals surface area contributed by atoms with E-state index in [1.165, 1.54) is 51.7 Å². The Hall–Kier alpha value is -0.0800. The summed E-state index contributed by atoms with van der Waals surface area (Å²) in [7, 11) is 0. The fourth-order valence-electron chi connectivity index (χ4n) is 2.90. The van der Waals surface area contributed by atoms with Crippen molar-refractivity contribution in [3.63, 3.8) is 0 Å². The van der Waals surface area contributed by atoms with Crippen LogP contribution in [0.25, 0.3) is 0 Å². The smallest absolute Gasteiger partial charge is 0.0127 e. The van der Waals surface area contributed by atoms with Crippen LogP contribution < -0.4 is 5.32 Å². The second-order valence-corrected chi connectivity index (χ2v) is 5.39. The van der Waals surface area contributed by atoms with Crippen LogP contribution in [0.2, 0.25) is 0 Å². The summed E-state index contributed by atoms with van der Waals surface area (Å²) in [5.41, 5.74) is 0. The first kappa shape index (κ1) is 11.4. The first-order valence-corrected chi connectivity index (χ1v) is 6.78. The summed E-state index contributed by atoms with van der Waals surface area (Å²) in [6.07, 6.45) is 6.96. The van der Waals surface area contributed by atoms with E-state index < -0.39 is 0 Å². The zero-order valence-electron chi connectivity index (χ0n) is 10.3. The predicted molar refractivity (Wildman–Crippen MR) is 65.1 cm³/mol. The maximum atomic E-state index is 3.57. The van der Waals surface area contributed by atoms with Gasteiger partial charge in [0.2, 0.25) is 0 Å². The lowest BCUT2D eigenvalue weighted by Crippen LogP contribution is -2.39. The lowest BCUT2D eigenvalue weighted by Gasteiger charge is -2.28. The van der Waals surface area contributed by atoms with Crippen LogP contribution in [0.5, 0.6) is 0 Å². The molecule has 2 aliphatic rings. The highest BCUT2D eigenvalue weighted by molar-refractivity contribution is 4.95. The van der Waals surface area contributed by atoms with Gasteiger partial charge in [0.15, 0.2) is 0 Å². The van der Waals surface area contributed by atoms with Crippen LogP contribution in [0.15, 0.2) is 0 Å². The Balaban J connectivity index is 1.76. The van der Waals surface area contributed by atoms with Crippen LogP contribution in [0.4, 0.5) is 0 Å². The minimum Gasteiger partial charge on any atom is -0.314 e. The highest BCUT2D eigenvalue weighted by atomic mass is 15.2. The van der Waals surface area contributed by atoms with Crippen molar-refractivity contribution in [2.45, 2.75) is 58.0 Å². The van der Waals surface area contributed by atoms with E-state index in [0.29, 0.717) is 0 Å². The third-order valence-corrected chi connectivity index (χ3v) is 3.98. The van der Waals surface area contributed by atoms with E-state index in [2.05, 4.69) is 24.1 Å². The van der Waals surface area contributed by atoms with Crippen LogP contribution >= 0.6 is 0 Å². The molecule has 2 heteroatoms. The van der Waals surface area contributed by atoms with Gasteiger partial charge in [0.05, 0.1) is 0 Å². The van der Waals surface area contributed by atoms with Crippen molar-refractivity contribution in [2.24, 2.45) is 5.92 Å². The molecule has 1 N–H and O–H groups in total. The number of nitrogens with one attached hydrogen (secondary N) is 1. The maximum absolute atomic E-state index is 3.57. The molecule has 0 aromatic carbocycles. The highest BCUT2D eigenvalue weighted by Gasteiger charge is 2.40. The summed E-state index contributed by atoms with van der Waals surface area (Å²) in [5.74, 6) is 1.04. The largest absolute Gasteiger partial charge is 0.314 e. The molecule has 1 aliphatic carbocycles. The van der Waals surface area contributed by atoms with Gasteiger partial charge in [-0.15, -0.1) is 0 Å². The standard InChI is InChI=1S/C13H26N2/c1-3-5-12-10-13(12)15-8-4-7-14-11(2)6-9-15/h11-14H,3-10H2,1-2H3. The molecule has 3 atom stereocenters. The van der Waals surface area contributed by atoms with Crippen molar-refractivity contribution in [1.29, 1.82) is 0 Å². The number of rotatable bonds is 3. The molecule has 0 aromatic heterocycles. The Morgan fingerprint density at radius 1 is 1.33 bits per heavy atom. The minimum atomic E-state index is 0.719. The van der Waals surface area contributed by atoms with Gasteiger partial charge in [-0.3, -0.25) is 4.90 Å².